The van der Waals surface area contributed by atoms with E-state index < -0.39 is 0 Å². The molecule has 1 heterocycles. The molecule has 0 fully saturated rings. The topological polar surface area (TPSA) is 83.6 Å². The van der Waals surface area contributed by atoms with Crippen molar-refractivity contribution < 1.29 is 14.9 Å². The third kappa shape index (κ3) is 4.83. The van der Waals surface area contributed by atoms with Crippen LogP contribution in [-0.2, 0) is 0 Å². The van der Waals surface area contributed by atoms with E-state index >= 15 is 0 Å². The minimum Gasteiger partial charge on any atom is -0.410 e. The van der Waals surface area contributed by atoms with E-state index in [9.17, 15) is 4.79 Å². The molecule has 2 aromatic rings. The molecule has 0 aliphatic rings. The molecule has 22 heavy (non-hydrogen) atoms. The zero-order chi connectivity index (χ0) is 16.1. The van der Waals surface area contributed by atoms with Crippen molar-refractivity contribution in [2.45, 2.75) is 31.5 Å². The summed E-state index contributed by atoms with van der Waals surface area (Å²) in [7, 11) is 0. The second-order valence-electron chi connectivity index (χ2n) is 5.45. The number of carbonyl (C=O) groups is 1. The maximum absolute atomic E-state index is 12.0. The first-order valence-corrected chi connectivity index (χ1v) is 8.40. The molecule has 0 saturated carbocycles. The summed E-state index contributed by atoms with van der Waals surface area (Å²) >= 11 is 7.04. The van der Waals surface area contributed by atoms with E-state index in [0.717, 1.165) is 6.42 Å². The van der Waals surface area contributed by atoms with Gasteiger partial charge >= 0.3 is 0 Å². The average molecular weight is 341 g/mol. The summed E-state index contributed by atoms with van der Waals surface area (Å²) in [6, 6.07) is 6.79. The van der Waals surface area contributed by atoms with E-state index in [1.165, 1.54) is 11.8 Å². The van der Waals surface area contributed by atoms with E-state index in [0.29, 0.717) is 27.6 Å². The summed E-state index contributed by atoms with van der Waals surface area (Å²) in [6.45, 7) is 4.24. The molecule has 3 N–H and O–H groups in total. The zero-order valence-corrected chi connectivity index (χ0v) is 14.2. The number of hydrogen-bond acceptors (Lipinski definition) is 5. The first kappa shape index (κ1) is 17.0. The minimum atomic E-state index is -0.0196. The Balaban J connectivity index is 1.90. The number of carbonyl (C=O) groups excluding carboxylic acids is 1. The van der Waals surface area contributed by atoms with Gasteiger partial charge in [0.2, 0.25) is 0 Å². The summed E-state index contributed by atoms with van der Waals surface area (Å²) in [4.78, 5) is 12.0. The third-order valence-electron chi connectivity index (χ3n) is 3.02. The fraction of sp³-hybridized carbons (Fsp3) is 0.400. The average Bonchev–Trinajstić information content (AvgIpc) is 2.94. The summed E-state index contributed by atoms with van der Waals surface area (Å²) < 4.78 is 5.56. The van der Waals surface area contributed by atoms with Gasteiger partial charge in [-0.15, -0.1) is 10.2 Å². The molecule has 2 rings (SSSR count). The SMILES string of the molecule is CC(C)C[C@H]([NH3+])c1nnc(SCC(=O)c2ccc(Cl)cc2)o1. The highest BCUT2D eigenvalue weighted by atomic mass is 35.5. The molecule has 0 aliphatic heterocycles. The van der Waals surface area contributed by atoms with Gasteiger partial charge in [0.1, 0.15) is 0 Å². The Morgan fingerprint density at radius 1 is 1.32 bits per heavy atom. The smallest absolute Gasteiger partial charge is 0.277 e. The van der Waals surface area contributed by atoms with Gasteiger partial charge in [0.15, 0.2) is 11.8 Å². The van der Waals surface area contributed by atoms with Gasteiger partial charge in [-0.25, -0.2) is 0 Å². The Labute approximate surface area is 138 Å². The van der Waals surface area contributed by atoms with Crippen molar-refractivity contribution in [3.8, 4) is 0 Å². The Bertz CT molecular complexity index is 628. The fourth-order valence-corrected chi connectivity index (χ4v) is 2.75. The van der Waals surface area contributed by atoms with Crippen LogP contribution in [0.4, 0.5) is 0 Å². The number of benzene rings is 1. The number of aromatic nitrogens is 2. The molecule has 1 atom stereocenters. The van der Waals surface area contributed by atoms with E-state index in [1.807, 2.05) is 0 Å². The highest BCUT2D eigenvalue weighted by Gasteiger charge is 2.19. The van der Waals surface area contributed by atoms with Crippen molar-refractivity contribution in [3.63, 3.8) is 0 Å². The van der Waals surface area contributed by atoms with Gasteiger partial charge in [-0.05, 0) is 30.2 Å². The Morgan fingerprint density at radius 3 is 2.64 bits per heavy atom. The van der Waals surface area contributed by atoms with Crippen LogP contribution < -0.4 is 5.73 Å². The van der Waals surface area contributed by atoms with Crippen LogP contribution in [0.5, 0.6) is 0 Å². The lowest BCUT2D eigenvalue weighted by Crippen LogP contribution is -2.54. The number of hydrogen-bond donors (Lipinski definition) is 1. The molecule has 0 spiro atoms. The predicted octanol–water partition coefficient (Wildman–Crippen LogP) is 3.03. The van der Waals surface area contributed by atoms with Gasteiger partial charge in [-0.1, -0.05) is 37.2 Å². The lowest BCUT2D eigenvalue weighted by molar-refractivity contribution is -0.435. The number of rotatable bonds is 7. The lowest BCUT2D eigenvalue weighted by Gasteiger charge is -2.05. The normalized spacial score (nSPS) is 12.6. The molecular weight excluding hydrogens is 322 g/mol. The summed E-state index contributed by atoms with van der Waals surface area (Å²) in [5, 5.41) is 8.97. The van der Waals surface area contributed by atoms with E-state index in [1.54, 1.807) is 24.3 Å². The van der Waals surface area contributed by atoms with Crippen molar-refractivity contribution >= 4 is 29.1 Å². The molecule has 0 unspecified atom stereocenters. The highest BCUT2D eigenvalue weighted by Crippen LogP contribution is 2.22. The molecule has 0 aliphatic carbocycles. The quantitative estimate of drug-likeness (QED) is 0.618. The second-order valence-corrected chi connectivity index (χ2v) is 6.81. The van der Waals surface area contributed by atoms with Crippen LogP contribution in [0.2, 0.25) is 5.02 Å². The monoisotopic (exact) mass is 340 g/mol. The van der Waals surface area contributed by atoms with Gasteiger partial charge in [-0.2, -0.15) is 0 Å². The van der Waals surface area contributed by atoms with E-state index in [4.69, 9.17) is 16.0 Å². The van der Waals surface area contributed by atoms with Gasteiger partial charge in [0, 0.05) is 17.0 Å². The van der Waals surface area contributed by atoms with Gasteiger partial charge < -0.3 is 10.2 Å². The van der Waals surface area contributed by atoms with E-state index in [2.05, 4.69) is 29.8 Å². The summed E-state index contributed by atoms with van der Waals surface area (Å²) in [6.07, 6.45) is 0.885. The maximum Gasteiger partial charge on any atom is 0.277 e. The number of ketones is 1. The fourth-order valence-electron chi connectivity index (χ4n) is 1.96. The minimum absolute atomic E-state index is 0.00484. The molecule has 0 radical (unpaired) electrons. The molecule has 1 aromatic heterocycles. The van der Waals surface area contributed by atoms with Crippen LogP contribution in [0.1, 0.15) is 42.6 Å². The Hall–Kier alpha value is -1.37. The van der Waals surface area contributed by atoms with Crippen molar-refractivity contribution in [1.29, 1.82) is 0 Å². The van der Waals surface area contributed by atoms with E-state index in [-0.39, 0.29) is 17.6 Å². The molecular formula is C15H19ClN3O2S+. The van der Waals surface area contributed by atoms with Gasteiger partial charge in [-0.3, -0.25) is 4.79 Å². The number of Topliss-reactive ketones (excluding diaryl/α,β-unsaturated/α-hetero) is 1. The van der Waals surface area contributed by atoms with Crippen molar-refractivity contribution in [1.82, 2.24) is 10.2 Å². The molecule has 0 bridgehead atoms. The van der Waals surface area contributed by atoms with Crippen LogP contribution in [-0.4, -0.2) is 21.7 Å². The largest absolute Gasteiger partial charge is 0.410 e. The van der Waals surface area contributed by atoms with Crippen molar-refractivity contribution in [3.05, 3.63) is 40.7 Å². The van der Waals surface area contributed by atoms with Crippen LogP contribution in [0.3, 0.4) is 0 Å². The zero-order valence-electron chi connectivity index (χ0n) is 12.6. The van der Waals surface area contributed by atoms with Crippen LogP contribution in [0, 0.1) is 5.92 Å². The second kappa shape index (κ2) is 7.76. The molecule has 0 amide bonds. The van der Waals surface area contributed by atoms with Gasteiger partial charge in [0.05, 0.1) is 5.75 Å². The molecule has 0 saturated heterocycles. The molecule has 5 nitrogen and oxygen atoms in total. The third-order valence-corrected chi connectivity index (χ3v) is 4.09. The Kier molecular flexibility index (Phi) is 5.99. The van der Waals surface area contributed by atoms with Crippen LogP contribution >= 0.6 is 23.4 Å². The molecule has 1 aromatic carbocycles. The summed E-state index contributed by atoms with van der Waals surface area (Å²) in [5.41, 5.74) is 4.64. The number of nitrogens with zero attached hydrogens (tertiary/aromatic N) is 2. The first-order valence-electron chi connectivity index (χ1n) is 7.03. The van der Waals surface area contributed by atoms with Crippen LogP contribution in [0.25, 0.3) is 0 Å². The highest BCUT2D eigenvalue weighted by molar-refractivity contribution is 7.99. The summed E-state index contributed by atoms with van der Waals surface area (Å²) in [5.74, 6) is 1.27. The molecule has 118 valence electrons. The lowest BCUT2D eigenvalue weighted by atomic mass is 10.1. The predicted molar refractivity (Wildman–Crippen MR) is 85.9 cm³/mol. The number of halogens is 1. The first-order chi connectivity index (χ1) is 10.5. The van der Waals surface area contributed by atoms with Crippen molar-refractivity contribution in [2.24, 2.45) is 5.92 Å². The van der Waals surface area contributed by atoms with Crippen molar-refractivity contribution in [2.75, 3.05) is 5.75 Å². The number of thioether (sulfide) groups is 1. The van der Waals surface area contributed by atoms with Crippen LogP contribution in [0.15, 0.2) is 33.9 Å². The number of quaternary nitrogens is 1. The van der Waals surface area contributed by atoms with Gasteiger partial charge in [0.25, 0.3) is 11.1 Å². The molecule has 7 heteroatoms. The maximum atomic E-state index is 12.0. The Morgan fingerprint density at radius 2 is 2.00 bits per heavy atom. The standard InChI is InChI=1S/C15H18ClN3O2S/c1-9(2)7-12(17)14-18-19-15(21-14)22-8-13(20)10-3-5-11(16)6-4-10/h3-6,9,12H,7-8,17H2,1-2H3/p+1/t12-/m0/s1.